The number of allylic oxidation sites excluding steroid dienone is 1. The van der Waals surface area contributed by atoms with Gasteiger partial charge in [-0.15, -0.1) is 5.10 Å². The van der Waals surface area contributed by atoms with Crippen LogP contribution in [0.3, 0.4) is 0 Å². The molecule has 0 bridgehead atoms. The molecule has 0 radical (unpaired) electrons. The largest absolute Gasteiger partial charge is 0.478 e. The minimum atomic E-state index is -1.06. The summed E-state index contributed by atoms with van der Waals surface area (Å²) in [5.74, 6) is -2.11. The van der Waals surface area contributed by atoms with Gasteiger partial charge in [-0.25, -0.2) is 9.18 Å². The van der Waals surface area contributed by atoms with Crippen LogP contribution in [-0.2, 0) is 4.79 Å². The van der Waals surface area contributed by atoms with Crippen LogP contribution in [0.2, 0.25) is 0 Å². The molecule has 4 aromatic rings. The molecule has 0 atom stereocenters. The van der Waals surface area contributed by atoms with E-state index in [1.54, 1.807) is 54.6 Å². The van der Waals surface area contributed by atoms with E-state index in [1.165, 1.54) is 12.1 Å². The smallest absolute Gasteiger partial charge is 0.328 e. The zero-order valence-electron chi connectivity index (χ0n) is 18.4. The number of rotatable bonds is 6. The maximum atomic E-state index is 15.1. The van der Waals surface area contributed by atoms with E-state index in [4.69, 9.17) is 5.11 Å². The number of hydrogen-bond acceptors (Lipinski definition) is 3. The Labute approximate surface area is 199 Å². The van der Waals surface area contributed by atoms with Gasteiger partial charge in [0.1, 0.15) is 11.9 Å². The Balaban J connectivity index is 1.82. The van der Waals surface area contributed by atoms with E-state index >= 15 is 4.39 Å². The second-order valence-corrected chi connectivity index (χ2v) is 8.37. The number of aromatic nitrogens is 2. The molecule has 0 amide bonds. The summed E-state index contributed by atoms with van der Waals surface area (Å²) in [6.07, 6.45) is 4.26. The number of nitrogens with one attached hydrogen (secondary N) is 1. The van der Waals surface area contributed by atoms with Gasteiger partial charge in [-0.3, -0.25) is 5.10 Å². The van der Waals surface area contributed by atoms with Crippen LogP contribution < -0.4 is 0 Å². The Morgan fingerprint density at radius 2 is 1.80 bits per heavy atom. The molecule has 0 saturated heterocycles. The van der Waals surface area contributed by atoms with Crippen molar-refractivity contribution in [3.05, 3.63) is 106 Å². The van der Waals surface area contributed by atoms with E-state index in [0.29, 0.717) is 33.3 Å². The third-order valence-corrected chi connectivity index (χ3v) is 6.10. The highest BCUT2D eigenvalue weighted by Crippen LogP contribution is 2.49. The van der Waals surface area contributed by atoms with Gasteiger partial charge in [-0.1, -0.05) is 48.5 Å². The third kappa shape index (κ3) is 4.22. The maximum Gasteiger partial charge on any atom is 0.328 e. The first-order chi connectivity index (χ1) is 17.0. The number of aliphatic carboxylic acids is 1. The fourth-order valence-electron chi connectivity index (χ4n) is 4.39. The zero-order chi connectivity index (χ0) is 24.5. The number of carboxylic acid groups (broad SMARTS) is 1. The molecule has 0 spiro atoms. The summed E-state index contributed by atoms with van der Waals surface area (Å²) in [7, 11) is 0. The first kappa shape index (κ1) is 22.2. The highest BCUT2D eigenvalue weighted by molar-refractivity contribution is 6.04. The van der Waals surface area contributed by atoms with Crippen molar-refractivity contribution in [2.75, 3.05) is 0 Å². The minimum Gasteiger partial charge on any atom is -0.478 e. The molecule has 5 nitrogen and oxygen atoms in total. The van der Waals surface area contributed by atoms with Crippen molar-refractivity contribution >= 4 is 34.1 Å². The van der Waals surface area contributed by atoms with Gasteiger partial charge < -0.3 is 5.11 Å². The normalized spacial score (nSPS) is 14.2. The maximum absolute atomic E-state index is 15.1. The Bertz CT molecular complexity index is 1560. The molecule has 35 heavy (non-hydrogen) atoms. The lowest BCUT2D eigenvalue weighted by Crippen LogP contribution is -2.02. The molecule has 1 saturated carbocycles. The van der Waals surface area contributed by atoms with Crippen LogP contribution in [-0.4, -0.2) is 21.3 Å². The van der Waals surface area contributed by atoms with Crippen molar-refractivity contribution in [2.45, 2.75) is 12.8 Å². The number of carbonyl (C=O) groups is 1. The van der Waals surface area contributed by atoms with Gasteiger partial charge in [0.25, 0.3) is 0 Å². The lowest BCUT2D eigenvalue weighted by molar-refractivity contribution is -0.131. The van der Waals surface area contributed by atoms with Crippen LogP contribution in [0.15, 0.2) is 66.7 Å². The first-order valence-electron chi connectivity index (χ1n) is 11.1. The fraction of sp³-hybridized carbons (Fsp3) is 0.107. The second-order valence-electron chi connectivity index (χ2n) is 8.37. The van der Waals surface area contributed by atoms with Crippen LogP contribution in [0.4, 0.5) is 8.78 Å². The molecule has 0 aliphatic heterocycles. The van der Waals surface area contributed by atoms with Crippen LogP contribution in [0, 0.1) is 29.0 Å². The molecule has 7 heteroatoms. The number of carboxylic acids is 1. The number of hydrogen-bond donors (Lipinski definition) is 2. The second kappa shape index (κ2) is 8.99. The predicted molar refractivity (Wildman–Crippen MR) is 129 cm³/mol. The Morgan fingerprint density at radius 3 is 2.46 bits per heavy atom. The van der Waals surface area contributed by atoms with Crippen molar-refractivity contribution in [3.8, 4) is 6.07 Å². The highest BCUT2D eigenvalue weighted by atomic mass is 19.1. The van der Waals surface area contributed by atoms with Gasteiger partial charge in [0.05, 0.1) is 16.5 Å². The summed E-state index contributed by atoms with van der Waals surface area (Å²) < 4.78 is 29.6. The average Bonchev–Trinajstić information content (AvgIpc) is 3.63. The highest BCUT2D eigenvalue weighted by Gasteiger charge is 2.33. The quantitative estimate of drug-likeness (QED) is 0.262. The molecule has 5 rings (SSSR count). The van der Waals surface area contributed by atoms with E-state index in [9.17, 15) is 14.4 Å². The molecule has 1 aliphatic carbocycles. The van der Waals surface area contributed by atoms with Gasteiger partial charge >= 0.3 is 5.97 Å². The van der Waals surface area contributed by atoms with Crippen LogP contribution >= 0.6 is 0 Å². The Hall–Kier alpha value is -4.57. The molecule has 172 valence electrons. The first-order valence-corrected chi connectivity index (χ1v) is 11.1. The van der Waals surface area contributed by atoms with Crippen molar-refractivity contribution in [2.24, 2.45) is 5.92 Å². The predicted octanol–water partition coefficient (Wildman–Crippen LogP) is 6.18. The summed E-state index contributed by atoms with van der Waals surface area (Å²) in [5, 5.41) is 25.3. The van der Waals surface area contributed by atoms with E-state index < -0.39 is 11.9 Å². The molecule has 1 heterocycles. The fourth-order valence-corrected chi connectivity index (χ4v) is 4.39. The monoisotopic (exact) mass is 467 g/mol. The van der Waals surface area contributed by atoms with E-state index in [-0.39, 0.29) is 22.7 Å². The van der Waals surface area contributed by atoms with E-state index in [0.717, 1.165) is 24.5 Å². The number of fused-ring (bicyclic) bond motifs is 1. The SMILES string of the molecule is N#Cc1c(C(=C(c2ccccc2F)C2CC2)c2ccc(C=CC(=O)O)cc2)ccc2[nH]nc(F)c12. The van der Waals surface area contributed by atoms with Gasteiger partial charge in [0.2, 0.25) is 5.95 Å². The van der Waals surface area contributed by atoms with Crippen molar-refractivity contribution in [1.29, 1.82) is 5.26 Å². The number of nitriles is 1. The number of benzene rings is 3. The van der Waals surface area contributed by atoms with Gasteiger partial charge in [-0.2, -0.15) is 9.65 Å². The molecular formula is C28H19F2N3O2. The lowest BCUT2D eigenvalue weighted by Gasteiger charge is -2.19. The zero-order valence-corrected chi connectivity index (χ0v) is 18.4. The molecule has 3 aromatic carbocycles. The number of halogens is 2. The summed E-state index contributed by atoms with van der Waals surface area (Å²) in [4.78, 5) is 10.9. The Morgan fingerprint density at radius 1 is 1.06 bits per heavy atom. The van der Waals surface area contributed by atoms with Crippen molar-refractivity contribution in [1.82, 2.24) is 10.2 Å². The molecular weight excluding hydrogens is 448 g/mol. The minimum absolute atomic E-state index is 0.0879. The topological polar surface area (TPSA) is 89.8 Å². The van der Waals surface area contributed by atoms with Crippen LogP contribution in [0.25, 0.3) is 28.1 Å². The van der Waals surface area contributed by atoms with Crippen LogP contribution in [0.5, 0.6) is 0 Å². The summed E-state index contributed by atoms with van der Waals surface area (Å²) in [6.45, 7) is 0. The van der Waals surface area contributed by atoms with E-state index in [1.807, 2.05) is 0 Å². The number of nitrogens with zero attached hydrogens (tertiary/aromatic N) is 2. The number of aromatic amines is 1. The van der Waals surface area contributed by atoms with Gasteiger partial charge in [0.15, 0.2) is 0 Å². The van der Waals surface area contributed by atoms with Gasteiger partial charge in [0, 0.05) is 17.2 Å². The van der Waals surface area contributed by atoms with Crippen molar-refractivity contribution < 1.29 is 18.7 Å². The molecule has 1 fully saturated rings. The summed E-state index contributed by atoms with van der Waals surface area (Å²) >= 11 is 0. The molecule has 2 N–H and O–H groups in total. The van der Waals surface area contributed by atoms with Gasteiger partial charge in [-0.05, 0) is 59.2 Å². The molecule has 1 aromatic heterocycles. The average molecular weight is 467 g/mol. The third-order valence-electron chi connectivity index (χ3n) is 6.10. The standard InChI is InChI=1S/C28H19F2N3O2/c29-22-4-2-1-3-20(22)26(18-10-11-18)25(17-8-5-16(6-9-17)7-14-24(34)35)19-12-13-23-27(21(19)15-31)28(30)33-32-23/h1-9,12-14,18H,10-11H2,(H,32,33)(H,34,35). The molecule has 0 unspecified atom stereocenters. The van der Waals surface area contributed by atoms with E-state index in [2.05, 4.69) is 16.3 Å². The summed E-state index contributed by atoms with van der Waals surface area (Å²) in [6, 6.07) is 19.2. The number of H-pyrrole nitrogens is 1. The van der Waals surface area contributed by atoms with Crippen molar-refractivity contribution in [3.63, 3.8) is 0 Å². The lowest BCUT2D eigenvalue weighted by atomic mass is 9.84. The summed E-state index contributed by atoms with van der Waals surface area (Å²) in [5.41, 5.74) is 4.23. The van der Waals surface area contributed by atoms with Crippen LogP contribution in [0.1, 0.15) is 40.7 Å². The molecule has 1 aliphatic rings. The Kier molecular flexibility index (Phi) is 5.71.